The van der Waals surface area contributed by atoms with Crippen molar-refractivity contribution in [2.45, 2.75) is 173 Å². The quantitative estimate of drug-likeness (QED) is 0.0376. The number of halogens is 1. The third kappa shape index (κ3) is 32.3. The van der Waals surface area contributed by atoms with Crippen LogP contribution in [0.5, 0.6) is 0 Å². The van der Waals surface area contributed by atoms with Crippen molar-refractivity contribution in [1.82, 2.24) is 47.9 Å². The topological polar surface area (TPSA) is 358 Å². The van der Waals surface area contributed by atoms with Gasteiger partial charge in [0.1, 0.15) is 95.8 Å². The molecule has 0 radical (unpaired) electrons. The third-order valence-electron chi connectivity index (χ3n) is 21.1. The number of nitrogens with one attached hydrogen (secondary N) is 9. The number of benzene rings is 5. The number of carbonyl (C=O) groups excluding carboxylic acids is 13. The van der Waals surface area contributed by atoms with Crippen molar-refractivity contribution in [3.05, 3.63) is 193 Å². The lowest BCUT2D eigenvalue weighted by molar-refractivity contribution is -0.148. The molecule has 0 saturated carbocycles. The second-order valence-corrected chi connectivity index (χ2v) is 39.7. The van der Waals surface area contributed by atoms with Crippen molar-refractivity contribution in [3.63, 3.8) is 0 Å². The van der Waals surface area contributed by atoms with E-state index >= 15 is 0 Å². The molecule has 5 aromatic carbocycles. The smallest absolute Gasteiger partial charge is 0.326 e. The zero-order chi connectivity index (χ0) is 88.5. The lowest BCUT2D eigenvalue weighted by Crippen LogP contribution is -2.56. The first-order valence-electron chi connectivity index (χ1n) is 41.5. The van der Waals surface area contributed by atoms with Crippen LogP contribution in [-0.4, -0.2) is 185 Å². The summed E-state index contributed by atoms with van der Waals surface area (Å²) in [6, 6.07) is 27.5. The molecule has 9 N–H and O–H groups in total. The molecule has 660 valence electrons. The first kappa shape index (κ1) is 97.5. The van der Waals surface area contributed by atoms with Gasteiger partial charge in [-0.25, -0.2) is 4.39 Å². The number of ketones is 3. The fourth-order valence-corrected chi connectivity index (χ4v) is 20.7. The maximum Gasteiger partial charge on any atom is 0.326 e. The number of allylic oxidation sites excluding steroid dienone is 3. The summed E-state index contributed by atoms with van der Waals surface area (Å²) in [5, 5.41) is 29.4. The third-order valence-corrected chi connectivity index (χ3v) is 28.5. The lowest BCUT2D eigenvalue weighted by Gasteiger charge is -2.27. The Kier molecular flexibility index (Phi) is 39.6. The van der Waals surface area contributed by atoms with Gasteiger partial charge in [-0.1, -0.05) is 235 Å². The van der Waals surface area contributed by atoms with Gasteiger partial charge in [0.15, 0.2) is 0 Å². The molecule has 6 aliphatic heterocycles. The number of Topliss-reactive ketones (excluding diaryl/α,β-unsaturated/α-hetero) is 3. The molecule has 32 heteroatoms. The number of hydrogen-bond donors (Lipinski definition) is 9. The number of carbonyl (C=O) groups is 13. The molecule has 12 atom stereocenters. The Labute approximate surface area is 742 Å². The van der Waals surface area contributed by atoms with Gasteiger partial charge in [0.2, 0.25) is 53.2 Å². The molecular formula is C91H112FN9O16S6. The molecule has 0 spiro atoms. The van der Waals surface area contributed by atoms with Gasteiger partial charge in [-0.15, -0.1) is 0 Å². The van der Waals surface area contributed by atoms with Gasteiger partial charge >= 0.3 is 5.97 Å². The molecule has 9 amide bonds. The van der Waals surface area contributed by atoms with E-state index in [0.29, 0.717) is 23.5 Å². The summed E-state index contributed by atoms with van der Waals surface area (Å²) >= 11 is 0. The highest BCUT2D eigenvalue weighted by Crippen LogP contribution is 2.31. The van der Waals surface area contributed by atoms with Crippen LogP contribution < -0.4 is 47.9 Å². The molecule has 3 unspecified atom stereocenters. The molecule has 11 rings (SSSR count). The van der Waals surface area contributed by atoms with E-state index in [2.05, 4.69) is 61.0 Å². The van der Waals surface area contributed by atoms with Crippen LogP contribution in [0.1, 0.15) is 116 Å². The first-order valence-corrected chi connectivity index (χ1v) is 49.0. The highest BCUT2D eigenvalue weighted by molar-refractivity contribution is 8.77. The van der Waals surface area contributed by atoms with E-state index in [9.17, 15) is 66.7 Å². The second kappa shape index (κ2) is 50.0. The Morgan fingerprint density at radius 3 is 1.19 bits per heavy atom. The number of esters is 1. The SMILES string of the molecule is C=C1CNC(=O)[C@@H](Cc2ccc(F)cc2)NC(=O)[C@H]2CSSCC/C=C/C(CC(=O)C[C@H](C(C)C)C(=O)N2)O1.C=C1CNC(=O)[C@@H](Cc2ccc3ccccc3c2)NC(=O)[C@H]2CSSCC/C=C/C(CC(=O)C[C@H](C(C)C)C(=O)N2)O1.CC(C)[C@H]1CC(=O)CC2/C=C/CCSSC[C@@H](NC1=O)C(=O)N[C@@H](Cc1cccc3ccccc13)C(=O)NCC(=O)O2. The van der Waals surface area contributed by atoms with E-state index in [-0.39, 0.29) is 135 Å². The van der Waals surface area contributed by atoms with E-state index in [1.54, 1.807) is 50.6 Å². The van der Waals surface area contributed by atoms with Crippen LogP contribution in [-0.2, 0) is 95.8 Å². The highest BCUT2D eigenvalue weighted by Gasteiger charge is 2.38. The standard InChI is InChI=1S/C32H39N3O5S2.C31H37N3O6S2.C28H36FN3O5S2/c1-20(2)27-17-25(36)16-26-10-6-7-13-41-42-19-29(35-30(27)37)32(39)34-28(31(38)33-18-21(3)40-26)15-22-11-12-23-8-4-5-9-24(23)14-22;1-19(2)25-16-22(35)15-23-11-5-6-13-41-42-18-27(34-29(25)37)31(39)33-26(30(38)32-17-28(36)40-23)14-21-10-7-9-20-8-3-4-12-24(20)21;1-17(2)23-14-21(33)13-22-6-4-5-11-38-39-16-25(32-26(23)34)28(36)31-24(27(35)30-15-18(3)37-22)12-19-7-9-20(29)10-8-19/h4-6,8-12,14,20,26-29H,3,7,13,15-19H2,1-2H3,(H,33,38)(H,34,39)(H,35,37);3-5,7-12,19,23,25-27H,6,13-18H2,1-2H3,(H,32,38)(H,33,39)(H,34,37);4,6-10,17,22-25H,3,5,11-16H2,1-2H3,(H,30,35)(H,31,36)(H,32,34)/b10-6+;11-5+;6-4+/t26?,27-,28-,29-;23?,25-,26+,27-;22?,23-,24-,25-/m111/s1. The molecule has 5 aromatic rings. The average Bonchev–Trinajstić information content (AvgIpc) is 0.858. The van der Waals surface area contributed by atoms with Gasteiger partial charge in [-0.2, -0.15) is 0 Å². The molecule has 25 nitrogen and oxygen atoms in total. The van der Waals surface area contributed by atoms with Crippen LogP contribution in [0.2, 0.25) is 0 Å². The zero-order valence-corrected chi connectivity index (χ0v) is 75.0. The monoisotopic (exact) mass is 1800 g/mol. The summed E-state index contributed by atoms with van der Waals surface area (Å²) in [6.07, 6.45) is 12.0. The van der Waals surface area contributed by atoms with E-state index < -0.39 is 132 Å². The van der Waals surface area contributed by atoms with Gasteiger partial charge in [-0.05, 0) is 106 Å². The summed E-state index contributed by atoms with van der Waals surface area (Å²) in [7, 11) is 9.12. The van der Waals surface area contributed by atoms with E-state index in [4.69, 9.17) is 14.2 Å². The molecule has 3 saturated heterocycles. The van der Waals surface area contributed by atoms with Gasteiger partial charge in [0, 0.05) is 110 Å². The zero-order valence-electron chi connectivity index (χ0n) is 70.1. The van der Waals surface area contributed by atoms with Crippen LogP contribution in [0.25, 0.3) is 21.5 Å². The Morgan fingerprint density at radius 2 is 0.748 bits per heavy atom. The molecule has 3 fully saturated rings. The fourth-order valence-electron chi connectivity index (χ4n) is 14.2. The van der Waals surface area contributed by atoms with Gasteiger partial charge in [-0.3, -0.25) is 62.3 Å². The van der Waals surface area contributed by atoms with Crippen molar-refractivity contribution in [1.29, 1.82) is 0 Å². The Bertz CT molecular complexity index is 4670. The van der Waals surface area contributed by atoms with Gasteiger partial charge in [0.25, 0.3) is 0 Å². The lowest BCUT2D eigenvalue weighted by atomic mass is 9.88. The summed E-state index contributed by atoms with van der Waals surface area (Å²) in [6.45, 7) is 18.7. The summed E-state index contributed by atoms with van der Waals surface area (Å²) in [5.74, 6) is -4.26. The number of fused-ring (bicyclic) bond motifs is 23. The van der Waals surface area contributed by atoms with Gasteiger partial charge in [0.05, 0.1) is 13.1 Å². The first-order chi connectivity index (χ1) is 59.0. The van der Waals surface area contributed by atoms with Crippen molar-refractivity contribution >= 4 is 163 Å². The molecule has 6 bridgehead atoms. The molecule has 0 aromatic heterocycles. The van der Waals surface area contributed by atoms with Crippen LogP contribution in [0.4, 0.5) is 4.39 Å². The Hall–Kier alpha value is -9.34. The molecule has 6 aliphatic rings. The Morgan fingerprint density at radius 1 is 0.374 bits per heavy atom. The van der Waals surface area contributed by atoms with E-state index in [1.165, 1.54) is 44.5 Å². The van der Waals surface area contributed by atoms with Crippen molar-refractivity contribution in [2.75, 3.05) is 54.2 Å². The number of rotatable bonds is 9. The minimum absolute atomic E-state index is 0.0177. The van der Waals surface area contributed by atoms with Crippen LogP contribution in [0.3, 0.4) is 0 Å². The highest BCUT2D eigenvalue weighted by atomic mass is 33.1. The molecule has 0 aliphatic carbocycles. The molecule has 123 heavy (non-hydrogen) atoms. The van der Waals surface area contributed by atoms with Gasteiger partial charge < -0.3 is 62.1 Å². The van der Waals surface area contributed by atoms with Crippen LogP contribution >= 0.6 is 64.8 Å². The van der Waals surface area contributed by atoms with Crippen LogP contribution in [0.15, 0.2) is 170 Å². The van der Waals surface area contributed by atoms with Crippen LogP contribution in [0, 0.1) is 41.3 Å². The second-order valence-electron chi connectivity index (χ2n) is 31.9. The number of ether oxygens (including phenoxy) is 3. The number of amides is 9. The summed E-state index contributed by atoms with van der Waals surface area (Å²) < 4.78 is 31.0. The van der Waals surface area contributed by atoms with Crippen molar-refractivity contribution in [2.24, 2.45) is 35.5 Å². The Balaban J connectivity index is 0.000000209. The predicted octanol–water partition coefficient (Wildman–Crippen LogP) is 11.0. The predicted molar refractivity (Wildman–Crippen MR) is 488 cm³/mol. The van der Waals surface area contributed by atoms with E-state index in [1.807, 2.05) is 157 Å². The molecular weight excluding hydrogens is 1690 g/mol. The fraction of sp³-hybridized carbons (Fsp3) is 0.462. The normalized spacial score (nSPS) is 26.4. The summed E-state index contributed by atoms with van der Waals surface area (Å²) in [4.78, 5) is 173. The van der Waals surface area contributed by atoms with Crippen molar-refractivity contribution < 1.29 is 80.9 Å². The molecule has 6 heterocycles. The minimum atomic E-state index is -1.02. The maximum absolute atomic E-state index is 13.7. The van der Waals surface area contributed by atoms with E-state index in [0.717, 1.165) is 62.8 Å². The maximum atomic E-state index is 13.7. The summed E-state index contributed by atoms with van der Waals surface area (Å²) in [5.41, 5.74) is 2.39. The minimum Gasteiger partial charge on any atom is -0.489 e. The van der Waals surface area contributed by atoms with Crippen molar-refractivity contribution in [3.8, 4) is 0 Å². The largest absolute Gasteiger partial charge is 0.489 e. The number of hydrogen-bond acceptors (Lipinski definition) is 22. The average molecular weight is 1800 g/mol.